The SMILES string of the molecule is CCCc1ncnc2[nH]c(Cn3cccc(NC(=O)[C@H](CC/C=C/C(=O)N(C)C)OC(O)N(C)C)c3=O)nc12. The molecule has 0 bridgehead atoms. The van der Waals surface area contributed by atoms with Gasteiger partial charge >= 0.3 is 0 Å². The second-order valence-corrected chi connectivity index (χ2v) is 9.42. The molecule has 0 saturated carbocycles. The Balaban J connectivity index is 1.76. The summed E-state index contributed by atoms with van der Waals surface area (Å²) in [6.45, 7) is 2.19. The van der Waals surface area contributed by atoms with Gasteiger partial charge in [-0.15, -0.1) is 0 Å². The first-order chi connectivity index (χ1) is 18.6. The third-order valence-corrected chi connectivity index (χ3v) is 5.81. The molecule has 0 saturated heterocycles. The number of carbonyl (C=O) groups excluding carboxylic acids is 2. The highest BCUT2D eigenvalue weighted by atomic mass is 16.6. The topological polar surface area (TPSA) is 159 Å². The predicted octanol–water partition coefficient (Wildman–Crippen LogP) is 1.10. The van der Waals surface area contributed by atoms with E-state index in [1.54, 1.807) is 46.5 Å². The summed E-state index contributed by atoms with van der Waals surface area (Å²) in [4.78, 5) is 57.1. The van der Waals surface area contributed by atoms with Crippen molar-refractivity contribution < 1.29 is 19.4 Å². The molecule has 13 nitrogen and oxygen atoms in total. The van der Waals surface area contributed by atoms with Gasteiger partial charge in [-0.05, 0) is 51.6 Å². The number of aromatic amines is 1. The van der Waals surface area contributed by atoms with Crippen LogP contribution in [-0.4, -0.2) is 91.9 Å². The quantitative estimate of drug-likeness (QED) is 0.213. The minimum Gasteiger partial charge on any atom is -0.356 e. The van der Waals surface area contributed by atoms with Crippen molar-refractivity contribution in [2.45, 2.75) is 51.7 Å². The number of imidazole rings is 1. The number of anilines is 1. The van der Waals surface area contributed by atoms with Gasteiger partial charge in [0.05, 0.1) is 12.2 Å². The zero-order valence-corrected chi connectivity index (χ0v) is 22.9. The number of aliphatic hydroxyl groups is 1. The van der Waals surface area contributed by atoms with E-state index in [-0.39, 0.29) is 24.6 Å². The lowest BCUT2D eigenvalue weighted by Gasteiger charge is -2.24. The molecule has 2 amide bonds. The molecular formula is C26H36N8O5. The van der Waals surface area contributed by atoms with Gasteiger partial charge in [0, 0.05) is 20.3 Å². The normalized spacial score (nSPS) is 13.2. The van der Waals surface area contributed by atoms with E-state index in [2.05, 4.69) is 32.2 Å². The molecule has 13 heteroatoms. The van der Waals surface area contributed by atoms with E-state index in [1.807, 2.05) is 0 Å². The zero-order chi connectivity index (χ0) is 28.5. The molecule has 39 heavy (non-hydrogen) atoms. The van der Waals surface area contributed by atoms with Gasteiger partial charge in [0.2, 0.25) is 12.3 Å². The second-order valence-electron chi connectivity index (χ2n) is 9.42. The van der Waals surface area contributed by atoms with Gasteiger partial charge in [0.25, 0.3) is 11.5 Å². The number of aryl methyl sites for hydroxylation is 1. The monoisotopic (exact) mass is 540 g/mol. The molecule has 0 radical (unpaired) electrons. The first-order valence-electron chi connectivity index (χ1n) is 12.7. The Morgan fingerprint density at radius 1 is 1.26 bits per heavy atom. The number of hydrogen-bond donors (Lipinski definition) is 3. The van der Waals surface area contributed by atoms with E-state index in [4.69, 9.17) is 4.74 Å². The Bertz CT molecular complexity index is 1360. The number of rotatable bonds is 13. The minimum atomic E-state index is -1.34. The third kappa shape index (κ3) is 8.02. The Labute approximate surface area is 226 Å². The summed E-state index contributed by atoms with van der Waals surface area (Å²) in [6, 6.07) is 3.14. The standard InChI is InChI=1S/C26H36N8O5/c1-6-10-17-22-23(28-16-27-17)31-20(30-22)15-34-14-9-11-18(25(34)37)29-24(36)19(39-26(38)33(4)5)12-7-8-13-21(35)32(2)3/h8-9,11,13-14,16,19,26,38H,6-7,10,12,15H2,1-5H3,(H,29,36)(H,27,28,30,31)/b13-8+/t19-,26?/m0/s1. The van der Waals surface area contributed by atoms with Gasteiger partial charge in [-0.2, -0.15) is 0 Å². The molecule has 3 heterocycles. The molecule has 0 aliphatic rings. The van der Waals surface area contributed by atoms with Gasteiger partial charge in [-0.1, -0.05) is 19.4 Å². The van der Waals surface area contributed by atoms with Crippen LogP contribution in [0.4, 0.5) is 5.69 Å². The lowest BCUT2D eigenvalue weighted by Crippen LogP contribution is -2.40. The lowest BCUT2D eigenvalue weighted by molar-refractivity contribution is -0.204. The highest BCUT2D eigenvalue weighted by Gasteiger charge is 2.24. The number of carbonyl (C=O) groups is 2. The molecule has 0 fully saturated rings. The molecule has 3 N–H and O–H groups in total. The number of fused-ring (bicyclic) bond motifs is 1. The van der Waals surface area contributed by atoms with Crippen LogP contribution in [0.2, 0.25) is 0 Å². The van der Waals surface area contributed by atoms with Crippen LogP contribution in [0.5, 0.6) is 0 Å². The molecule has 0 aliphatic carbocycles. The van der Waals surface area contributed by atoms with Crippen molar-refractivity contribution in [3.05, 3.63) is 58.7 Å². The highest BCUT2D eigenvalue weighted by Crippen LogP contribution is 2.15. The predicted molar refractivity (Wildman–Crippen MR) is 146 cm³/mol. The summed E-state index contributed by atoms with van der Waals surface area (Å²) in [5, 5.41) is 12.8. The number of aliphatic hydroxyl groups excluding tert-OH is 1. The number of amides is 2. The van der Waals surface area contributed by atoms with Crippen LogP contribution < -0.4 is 10.9 Å². The van der Waals surface area contributed by atoms with Gasteiger partial charge in [-0.25, -0.2) is 15.0 Å². The van der Waals surface area contributed by atoms with Gasteiger partial charge in [0.15, 0.2) is 5.65 Å². The van der Waals surface area contributed by atoms with Gasteiger partial charge in [0.1, 0.15) is 29.5 Å². The van der Waals surface area contributed by atoms with Crippen molar-refractivity contribution in [2.24, 2.45) is 0 Å². The molecule has 3 aromatic rings. The van der Waals surface area contributed by atoms with Crippen LogP contribution >= 0.6 is 0 Å². The average Bonchev–Trinajstić information content (AvgIpc) is 3.31. The van der Waals surface area contributed by atoms with Crippen LogP contribution in [0.15, 0.2) is 41.6 Å². The summed E-state index contributed by atoms with van der Waals surface area (Å²) in [5.74, 6) is -0.253. The minimum absolute atomic E-state index is 0.0522. The first-order valence-corrected chi connectivity index (χ1v) is 12.7. The molecule has 2 atom stereocenters. The van der Waals surface area contributed by atoms with Crippen molar-refractivity contribution in [1.29, 1.82) is 0 Å². The van der Waals surface area contributed by atoms with Crippen LogP contribution in [0.25, 0.3) is 11.2 Å². The Kier molecular flexibility index (Phi) is 10.4. The van der Waals surface area contributed by atoms with E-state index in [9.17, 15) is 19.5 Å². The van der Waals surface area contributed by atoms with Crippen molar-refractivity contribution in [3.8, 4) is 0 Å². The molecule has 210 valence electrons. The summed E-state index contributed by atoms with van der Waals surface area (Å²) >= 11 is 0. The summed E-state index contributed by atoms with van der Waals surface area (Å²) in [6.07, 6.45) is 5.89. The van der Waals surface area contributed by atoms with Crippen LogP contribution in [-0.2, 0) is 27.3 Å². The van der Waals surface area contributed by atoms with E-state index >= 15 is 0 Å². The molecule has 0 aliphatic heterocycles. The highest BCUT2D eigenvalue weighted by molar-refractivity contribution is 5.94. The number of likely N-dealkylation sites (N-methyl/N-ethyl adjacent to an activating group) is 1. The number of aromatic nitrogens is 5. The summed E-state index contributed by atoms with van der Waals surface area (Å²) < 4.78 is 6.95. The van der Waals surface area contributed by atoms with Crippen LogP contribution in [0, 0.1) is 0 Å². The molecule has 3 rings (SSSR count). The Morgan fingerprint density at radius 2 is 2.03 bits per heavy atom. The Hall–Kier alpha value is -3.94. The number of H-pyrrole nitrogens is 1. The molecule has 1 unspecified atom stereocenters. The number of ether oxygens (including phenoxy) is 1. The number of nitrogens with zero attached hydrogens (tertiary/aromatic N) is 6. The van der Waals surface area contributed by atoms with Crippen LogP contribution in [0.3, 0.4) is 0 Å². The van der Waals surface area contributed by atoms with Crippen LogP contribution in [0.1, 0.15) is 37.7 Å². The summed E-state index contributed by atoms with van der Waals surface area (Å²) in [5.41, 5.74) is 1.73. The average molecular weight is 541 g/mol. The fourth-order valence-electron chi connectivity index (χ4n) is 3.66. The maximum absolute atomic E-state index is 13.2. The van der Waals surface area contributed by atoms with Crippen molar-refractivity contribution in [2.75, 3.05) is 33.5 Å². The van der Waals surface area contributed by atoms with Crippen molar-refractivity contribution >= 4 is 28.7 Å². The zero-order valence-electron chi connectivity index (χ0n) is 22.9. The fourth-order valence-corrected chi connectivity index (χ4v) is 3.66. The molecule has 3 aromatic heterocycles. The molecular weight excluding hydrogens is 504 g/mol. The maximum Gasteiger partial charge on any atom is 0.274 e. The maximum atomic E-state index is 13.2. The van der Waals surface area contributed by atoms with Crippen molar-refractivity contribution in [1.82, 2.24) is 34.3 Å². The number of pyridine rings is 1. The second kappa shape index (κ2) is 13.7. The first kappa shape index (κ1) is 29.6. The van der Waals surface area contributed by atoms with Gasteiger partial charge < -0.3 is 29.6 Å². The largest absolute Gasteiger partial charge is 0.356 e. The Morgan fingerprint density at radius 3 is 2.72 bits per heavy atom. The smallest absolute Gasteiger partial charge is 0.274 e. The van der Waals surface area contributed by atoms with E-state index in [1.165, 1.54) is 32.8 Å². The van der Waals surface area contributed by atoms with E-state index < -0.39 is 24.0 Å². The van der Waals surface area contributed by atoms with Gasteiger partial charge in [-0.3, -0.25) is 19.3 Å². The fraction of sp³-hybridized carbons (Fsp3) is 0.462. The third-order valence-electron chi connectivity index (χ3n) is 5.81. The summed E-state index contributed by atoms with van der Waals surface area (Å²) in [7, 11) is 6.47. The molecule has 0 spiro atoms. The number of hydrogen-bond acceptors (Lipinski definition) is 9. The van der Waals surface area contributed by atoms with Crippen molar-refractivity contribution in [3.63, 3.8) is 0 Å². The lowest BCUT2D eigenvalue weighted by atomic mass is 10.1. The van der Waals surface area contributed by atoms with E-state index in [0.29, 0.717) is 23.4 Å². The molecule has 0 aromatic carbocycles. The van der Waals surface area contributed by atoms with E-state index in [0.717, 1.165) is 18.5 Å². The number of nitrogens with one attached hydrogen (secondary N) is 2. The number of allylic oxidation sites excluding steroid dienone is 1.